The van der Waals surface area contributed by atoms with Crippen molar-refractivity contribution in [1.82, 2.24) is 0 Å². The third kappa shape index (κ3) is 1.84. The predicted molar refractivity (Wildman–Crippen MR) is 82.7 cm³/mol. The summed E-state index contributed by atoms with van der Waals surface area (Å²) in [6.07, 6.45) is 10.8. The number of carbonyl (C=O) groups excluding carboxylic acids is 1. The van der Waals surface area contributed by atoms with E-state index in [9.17, 15) is 9.90 Å². The topological polar surface area (TPSA) is 37.3 Å². The molecule has 4 rings (SSSR count). The van der Waals surface area contributed by atoms with Gasteiger partial charge in [-0.15, -0.1) is 0 Å². The normalized spacial score (nSPS) is 52.7. The van der Waals surface area contributed by atoms with Crippen molar-refractivity contribution in [2.45, 2.75) is 71.3 Å². The average Bonchev–Trinajstić information content (AvgIpc) is 2.81. The molecule has 4 aliphatic carbocycles. The van der Waals surface area contributed by atoms with E-state index in [1.54, 1.807) is 0 Å². The molecule has 4 aliphatic rings. The second kappa shape index (κ2) is 4.44. The zero-order valence-corrected chi connectivity index (χ0v) is 13.4. The summed E-state index contributed by atoms with van der Waals surface area (Å²) >= 11 is 0. The molecular weight excluding hydrogens is 260 g/mol. The number of rotatable bonds is 0. The molecule has 0 aromatic rings. The maximum Gasteiger partial charge on any atom is 0.159 e. The molecule has 1 N–H and O–H groups in total. The van der Waals surface area contributed by atoms with Crippen molar-refractivity contribution < 1.29 is 9.90 Å². The predicted octanol–water partition coefficient (Wildman–Crippen LogP) is 3.88. The fourth-order valence-corrected chi connectivity index (χ4v) is 6.46. The quantitative estimate of drug-likeness (QED) is 0.734. The third-order valence-corrected chi connectivity index (χ3v) is 7.66. The molecule has 3 saturated carbocycles. The largest absolute Gasteiger partial charge is 0.393 e. The molecule has 0 unspecified atom stereocenters. The number of ketones is 1. The Bertz CT molecular complexity index is 508. The van der Waals surface area contributed by atoms with Gasteiger partial charge in [0.15, 0.2) is 5.78 Å². The van der Waals surface area contributed by atoms with Crippen molar-refractivity contribution in [3.63, 3.8) is 0 Å². The first-order valence-electron chi connectivity index (χ1n) is 8.87. The molecule has 21 heavy (non-hydrogen) atoms. The maximum absolute atomic E-state index is 12.9. The Morgan fingerprint density at radius 1 is 1.14 bits per heavy atom. The number of allylic oxidation sites excluding steroid dienone is 2. The summed E-state index contributed by atoms with van der Waals surface area (Å²) in [4.78, 5) is 12.9. The van der Waals surface area contributed by atoms with Gasteiger partial charge in [0.25, 0.3) is 0 Å². The summed E-state index contributed by atoms with van der Waals surface area (Å²) in [5, 5.41) is 10.2. The molecule has 116 valence electrons. The van der Waals surface area contributed by atoms with Crippen molar-refractivity contribution >= 4 is 5.78 Å². The van der Waals surface area contributed by atoms with Gasteiger partial charge < -0.3 is 5.11 Å². The number of hydrogen-bond acceptors (Lipinski definition) is 2. The van der Waals surface area contributed by atoms with E-state index < -0.39 is 0 Å². The van der Waals surface area contributed by atoms with Crippen LogP contribution in [-0.2, 0) is 4.79 Å². The van der Waals surface area contributed by atoms with Crippen LogP contribution in [0.25, 0.3) is 0 Å². The van der Waals surface area contributed by atoms with Crippen LogP contribution in [0.15, 0.2) is 11.6 Å². The van der Waals surface area contributed by atoms with Crippen LogP contribution in [0, 0.1) is 28.6 Å². The zero-order chi connectivity index (χ0) is 14.8. The van der Waals surface area contributed by atoms with Gasteiger partial charge in [0, 0.05) is 5.92 Å². The molecule has 0 spiro atoms. The van der Waals surface area contributed by atoms with Crippen LogP contribution in [0.3, 0.4) is 0 Å². The van der Waals surface area contributed by atoms with E-state index in [0.717, 1.165) is 19.3 Å². The molecule has 6 atom stereocenters. The highest BCUT2D eigenvalue weighted by molar-refractivity contribution is 5.94. The molecule has 0 amide bonds. The van der Waals surface area contributed by atoms with Crippen molar-refractivity contribution in [2.24, 2.45) is 28.6 Å². The summed E-state index contributed by atoms with van der Waals surface area (Å²) in [6.45, 7) is 4.76. The highest BCUT2D eigenvalue weighted by atomic mass is 16.3. The molecule has 0 aliphatic heterocycles. The molecule has 0 radical (unpaired) electrons. The van der Waals surface area contributed by atoms with Gasteiger partial charge in [0.1, 0.15) is 0 Å². The molecule has 0 aromatic carbocycles. The smallest absolute Gasteiger partial charge is 0.159 e. The van der Waals surface area contributed by atoms with Crippen LogP contribution in [0.4, 0.5) is 0 Å². The summed E-state index contributed by atoms with van der Waals surface area (Å²) in [7, 11) is 0. The molecule has 0 bridgehead atoms. The van der Waals surface area contributed by atoms with Gasteiger partial charge in [0.05, 0.1) is 6.10 Å². The molecule has 2 nitrogen and oxygen atoms in total. The van der Waals surface area contributed by atoms with Gasteiger partial charge in [-0.05, 0) is 73.7 Å². The van der Waals surface area contributed by atoms with Crippen molar-refractivity contribution in [3.8, 4) is 0 Å². The number of carbonyl (C=O) groups is 1. The first-order valence-corrected chi connectivity index (χ1v) is 8.87. The monoisotopic (exact) mass is 288 g/mol. The standard InChI is InChI=1S/C19H28O2/c1-18-8-3-4-14(18)17-15(7-9-18)19(2)11-13(20)6-5-12(19)10-16(17)21/h10,13-15,17,20H,3-9,11H2,1-2H3/t13-,14+,15+,17+,18+,19+/m1/s1. The van der Waals surface area contributed by atoms with Crippen molar-refractivity contribution in [2.75, 3.05) is 0 Å². The Kier molecular flexibility index (Phi) is 2.96. The number of fused-ring (bicyclic) bond motifs is 5. The van der Waals surface area contributed by atoms with Crippen LogP contribution in [0.5, 0.6) is 0 Å². The Hall–Kier alpha value is -0.630. The lowest BCUT2D eigenvalue weighted by Gasteiger charge is -2.56. The molecular formula is C19H28O2. The average molecular weight is 288 g/mol. The first kappa shape index (κ1) is 14.0. The van der Waals surface area contributed by atoms with Crippen LogP contribution in [0.2, 0.25) is 0 Å². The maximum atomic E-state index is 12.9. The molecule has 3 fully saturated rings. The second-order valence-corrected chi connectivity index (χ2v) is 8.71. The number of hydrogen-bond donors (Lipinski definition) is 1. The Labute approximate surface area is 128 Å². The van der Waals surface area contributed by atoms with E-state index in [1.807, 2.05) is 6.08 Å². The Balaban J connectivity index is 1.76. The highest BCUT2D eigenvalue weighted by Gasteiger charge is 2.58. The summed E-state index contributed by atoms with van der Waals surface area (Å²) < 4.78 is 0. The van der Waals surface area contributed by atoms with E-state index in [0.29, 0.717) is 23.0 Å². The SMILES string of the molecule is C[C@@]12CCC[C@H]1[C@@H]1C(=O)C=C3CC[C@@H](O)C[C@]3(C)[C@H]1CC2. The number of aliphatic hydroxyl groups excluding tert-OH is 1. The fourth-order valence-electron chi connectivity index (χ4n) is 6.46. The molecule has 2 heteroatoms. The lowest BCUT2D eigenvalue weighted by Crippen LogP contribution is -2.52. The minimum Gasteiger partial charge on any atom is -0.393 e. The van der Waals surface area contributed by atoms with E-state index in [-0.39, 0.29) is 17.4 Å². The lowest BCUT2D eigenvalue weighted by molar-refractivity contribution is -0.133. The zero-order valence-electron chi connectivity index (χ0n) is 13.4. The summed E-state index contributed by atoms with van der Waals surface area (Å²) in [5.74, 6) is 1.74. The van der Waals surface area contributed by atoms with Crippen LogP contribution >= 0.6 is 0 Å². The lowest BCUT2D eigenvalue weighted by atomic mass is 9.48. The van der Waals surface area contributed by atoms with E-state index >= 15 is 0 Å². The van der Waals surface area contributed by atoms with Gasteiger partial charge >= 0.3 is 0 Å². The van der Waals surface area contributed by atoms with E-state index in [4.69, 9.17) is 0 Å². The van der Waals surface area contributed by atoms with Crippen molar-refractivity contribution in [1.29, 1.82) is 0 Å². The molecule has 0 aromatic heterocycles. The second-order valence-electron chi connectivity index (χ2n) is 8.71. The molecule has 0 saturated heterocycles. The van der Waals surface area contributed by atoms with Crippen LogP contribution < -0.4 is 0 Å². The summed E-state index contributed by atoms with van der Waals surface area (Å²) in [5.41, 5.74) is 1.84. The van der Waals surface area contributed by atoms with Crippen molar-refractivity contribution in [3.05, 3.63) is 11.6 Å². The van der Waals surface area contributed by atoms with Crippen LogP contribution in [0.1, 0.15) is 65.2 Å². The van der Waals surface area contributed by atoms with Crippen LogP contribution in [-0.4, -0.2) is 17.0 Å². The van der Waals surface area contributed by atoms with Gasteiger partial charge in [-0.2, -0.15) is 0 Å². The fraction of sp³-hybridized carbons (Fsp3) is 0.842. The Morgan fingerprint density at radius 2 is 1.95 bits per heavy atom. The number of aliphatic hydroxyl groups is 1. The van der Waals surface area contributed by atoms with Gasteiger partial charge in [-0.25, -0.2) is 0 Å². The Morgan fingerprint density at radius 3 is 2.76 bits per heavy atom. The van der Waals surface area contributed by atoms with Gasteiger partial charge in [0.2, 0.25) is 0 Å². The van der Waals surface area contributed by atoms with Gasteiger partial charge in [-0.3, -0.25) is 4.79 Å². The first-order chi connectivity index (χ1) is 9.94. The highest BCUT2D eigenvalue weighted by Crippen LogP contribution is 2.63. The summed E-state index contributed by atoms with van der Waals surface area (Å²) in [6, 6.07) is 0. The van der Waals surface area contributed by atoms with Gasteiger partial charge in [-0.1, -0.05) is 25.8 Å². The minimum absolute atomic E-state index is 0.0835. The molecule has 0 heterocycles. The van der Waals surface area contributed by atoms with E-state index in [2.05, 4.69) is 13.8 Å². The third-order valence-electron chi connectivity index (χ3n) is 7.66. The van der Waals surface area contributed by atoms with E-state index in [1.165, 1.54) is 37.7 Å². The minimum atomic E-state index is -0.169.